The van der Waals surface area contributed by atoms with Crippen LogP contribution < -0.4 is 4.74 Å². The fourth-order valence-corrected chi connectivity index (χ4v) is 1.66. The topological polar surface area (TPSA) is 15.7 Å². The Labute approximate surface area is 107 Å². The lowest BCUT2D eigenvalue weighted by Crippen LogP contribution is -2.21. The van der Waals surface area contributed by atoms with E-state index in [4.69, 9.17) is 4.74 Å². The van der Waals surface area contributed by atoms with Crippen molar-refractivity contribution in [1.29, 1.82) is 0 Å². The molecule has 1 aliphatic rings. The SMILES string of the molecule is Br.COc1ccc(CN2C=CN(C)C2)cc1. The van der Waals surface area contributed by atoms with Crippen LogP contribution in [-0.4, -0.2) is 30.6 Å². The van der Waals surface area contributed by atoms with Crippen LogP contribution in [0, 0.1) is 0 Å². The minimum absolute atomic E-state index is 0. The number of methoxy groups -OCH3 is 1. The standard InChI is InChI=1S/C12H16N2O.BrH/c1-13-7-8-14(10-13)9-11-3-5-12(15-2)6-4-11;/h3-8H,9-10H2,1-2H3;1H. The van der Waals surface area contributed by atoms with Gasteiger partial charge in [-0.2, -0.15) is 0 Å². The molecule has 0 radical (unpaired) electrons. The van der Waals surface area contributed by atoms with Crippen molar-refractivity contribution in [2.24, 2.45) is 0 Å². The first-order valence-electron chi connectivity index (χ1n) is 5.03. The number of halogens is 1. The summed E-state index contributed by atoms with van der Waals surface area (Å²) >= 11 is 0. The molecule has 1 aliphatic heterocycles. The number of hydrogen-bond donors (Lipinski definition) is 0. The highest BCUT2D eigenvalue weighted by Gasteiger charge is 2.08. The van der Waals surface area contributed by atoms with Crippen LogP contribution in [0.4, 0.5) is 0 Å². The van der Waals surface area contributed by atoms with Crippen molar-refractivity contribution < 1.29 is 4.74 Å². The third-order valence-electron chi connectivity index (χ3n) is 2.48. The van der Waals surface area contributed by atoms with Gasteiger partial charge in [0.1, 0.15) is 5.75 Å². The molecule has 0 atom stereocenters. The van der Waals surface area contributed by atoms with Crippen LogP contribution in [-0.2, 0) is 6.54 Å². The molecule has 0 saturated carbocycles. The van der Waals surface area contributed by atoms with Crippen molar-refractivity contribution in [2.75, 3.05) is 20.8 Å². The Kier molecular flexibility index (Phi) is 4.68. The molecule has 1 aromatic carbocycles. The number of nitrogens with zero attached hydrogens (tertiary/aromatic N) is 2. The molecule has 16 heavy (non-hydrogen) atoms. The van der Waals surface area contributed by atoms with Crippen LogP contribution in [0.25, 0.3) is 0 Å². The molecule has 0 amide bonds. The number of rotatable bonds is 3. The molecule has 0 fully saturated rings. The van der Waals surface area contributed by atoms with E-state index in [1.165, 1.54) is 5.56 Å². The lowest BCUT2D eigenvalue weighted by atomic mass is 10.2. The molecule has 0 N–H and O–H groups in total. The molecule has 1 heterocycles. The largest absolute Gasteiger partial charge is 0.497 e. The predicted molar refractivity (Wildman–Crippen MR) is 70.6 cm³/mol. The van der Waals surface area contributed by atoms with E-state index in [-0.39, 0.29) is 17.0 Å². The highest BCUT2D eigenvalue weighted by molar-refractivity contribution is 8.93. The number of benzene rings is 1. The Balaban J connectivity index is 0.00000128. The molecule has 0 bridgehead atoms. The summed E-state index contributed by atoms with van der Waals surface area (Å²) in [7, 11) is 3.76. The molecular formula is C12H17BrN2O. The number of hydrogen-bond acceptors (Lipinski definition) is 3. The normalized spacial score (nSPS) is 13.9. The van der Waals surface area contributed by atoms with E-state index in [1.807, 2.05) is 12.1 Å². The summed E-state index contributed by atoms with van der Waals surface area (Å²) < 4.78 is 5.12. The lowest BCUT2D eigenvalue weighted by Gasteiger charge is -2.18. The zero-order valence-corrected chi connectivity index (χ0v) is 11.3. The highest BCUT2D eigenvalue weighted by atomic mass is 79.9. The van der Waals surface area contributed by atoms with Gasteiger partial charge in [0.25, 0.3) is 0 Å². The molecule has 4 heteroatoms. The van der Waals surface area contributed by atoms with Crippen LogP contribution in [0.15, 0.2) is 36.7 Å². The summed E-state index contributed by atoms with van der Waals surface area (Å²) in [5, 5.41) is 0. The average Bonchev–Trinajstić information content (AvgIpc) is 2.65. The van der Waals surface area contributed by atoms with E-state index < -0.39 is 0 Å². The van der Waals surface area contributed by atoms with E-state index in [2.05, 4.69) is 41.4 Å². The summed E-state index contributed by atoms with van der Waals surface area (Å²) in [6, 6.07) is 8.20. The third kappa shape index (κ3) is 3.17. The summed E-state index contributed by atoms with van der Waals surface area (Å²) in [5.74, 6) is 0.910. The van der Waals surface area contributed by atoms with E-state index >= 15 is 0 Å². The van der Waals surface area contributed by atoms with Crippen molar-refractivity contribution in [1.82, 2.24) is 9.80 Å². The fourth-order valence-electron chi connectivity index (χ4n) is 1.66. The van der Waals surface area contributed by atoms with Gasteiger partial charge in [-0.3, -0.25) is 0 Å². The van der Waals surface area contributed by atoms with Gasteiger partial charge in [0.15, 0.2) is 0 Å². The smallest absolute Gasteiger partial charge is 0.118 e. The van der Waals surface area contributed by atoms with Gasteiger partial charge in [0.05, 0.1) is 13.8 Å². The summed E-state index contributed by atoms with van der Waals surface area (Å²) in [5.41, 5.74) is 1.30. The second-order valence-corrected chi connectivity index (χ2v) is 3.79. The molecule has 0 aromatic heterocycles. The van der Waals surface area contributed by atoms with E-state index in [1.54, 1.807) is 7.11 Å². The zero-order valence-electron chi connectivity index (χ0n) is 9.59. The van der Waals surface area contributed by atoms with Crippen molar-refractivity contribution in [3.8, 4) is 5.75 Å². The van der Waals surface area contributed by atoms with Crippen LogP contribution in [0.3, 0.4) is 0 Å². The predicted octanol–water partition coefficient (Wildman–Crippen LogP) is 2.45. The van der Waals surface area contributed by atoms with E-state index in [0.717, 1.165) is 19.0 Å². The second-order valence-electron chi connectivity index (χ2n) is 3.79. The zero-order chi connectivity index (χ0) is 10.7. The van der Waals surface area contributed by atoms with Gasteiger partial charge in [-0.25, -0.2) is 0 Å². The first-order chi connectivity index (χ1) is 7.28. The molecule has 1 aromatic rings. The minimum Gasteiger partial charge on any atom is -0.497 e. The van der Waals surface area contributed by atoms with Gasteiger partial charge < -0.3 is 14.5 Å². The molecule has 0 unspecified atom stereocenters. The van der Waals surface area contributed by atoms with Crippen molar-refractivity contribution in [3.05, 3.63) is 42.2 Å². The van der Waals surface area contributed by atoms with Gasteiger partial charge >= 0.3 is 0 Å². The van der Waals surface area contributed by atoms with Gasteiger partial charge in [-0.15, -0.1) is 17.0 Å². The van der Waals surface area contributed by atoms with E-state index in [9.17, 15) is 0 Å². The monoisotopic (exact) mass is 284 g/mol. The highest BCUT2D eigenvalue weighted by Crippen LogP contribution is 2.14. The third-order valence-corrected chi connectivity index (χ3v) is 2.48. The first kappa shape index (κ1) is 12.9. The van der Waals surface area contributed by atoms with Gasteiger partial charge in [-0.1, -0.05) is 12.1 Å². The summed E-state index contributed by atoms with van der Waals surface area (Å²) in [6.45, 7) is 1.91. The fraction of sp³-hybridized carbons (Fsp3) is 0.333. The van der Waals surface area contributed by atoms with Gasteiger partial charge in [-0.05, 0) is 17.7 Å². The van der Waals surface area contributed by atoms with Crippen LogP contribution in [0.2, 0.25) is 0 Å². The van der Waals surface area contributed by atoms with Gasteiger partial charge in [0.2, 0.25) is 0 Å². The van der Waals surface area contributed by atoms with E-state index in [0.29, 0.717) is 0 Å². The quantitative estimate of drug-likeness (QED) is 0.848. The Morgan fingerprint density at radius 2 is 1.88 bits per heavy atom. The Bertz CT molecular complexity index is 351. The average molecular weight is 285 g/mol. The summed E-state index contributed by atoms with van der Waals surface area (Å²) in [4.78, 5) is 4.42. The molecular weight excluding hydrogens is 268 g/mol. The molecule has 0 saturated heterocycles. The van der Waals surface area contributed by atoms with Crippen LogP contribution in [0.5, 0.6) is 5.75 Å². The van der Waals surface area contributed by atoms with Crippen molar-refractivity contribution in [2.45, 2.75) is 6.54 Å². The molecule has 0 aliphatic carbocycles. The lowest BCUT2D eigenvalue weighted by molar-refractivity contribution is 0.291. The minimum atomic E-state index is 0. The summed E-state index contributed by atoms with van der Waals surface area (Å²) in [6.07, 6.45) is 4.20. The molecule has 3 nitrogen and oxygen atoms in total. The Morgan fingerprint density at radius 1 is 1.19 bits per heavy atom. The van der Waals surface area contributed by atoms with Crippen LogP contribution in [0.1, 0.15) is 5.56 Å². The second kappa shape index (κ2) is 5.80. The Hall–Kier alpha value is -1.16. The van der Waals surface area contributed by atoms with Crippen molar-refractivity contribution >= 4 is 17.0 Å². The Morgan fingerprint density at radius 3 is 2.38 bits per heavy atom. The molecule has 0 spiro atoms. The van der Waals surface area contributed by atoms with Crippen molar-refractivity contribution in [3.63, 3.8) is 0 Å². The van der Waals surface area contributed by atoms with Crippen LogP contribution >= 0.6 is 17.0 Å². The maximum absolute atomic E-state index is 5.12. The first-order valence-corrected chi connectivity index (χ1v) is 5.03. The maximum Gasteiger partial charge on any atom is 0.118 e. The maximum atomic E-state index is 5.12. The molecule has 2 rings (SSSR count). The number of ether oxygens (including phenoxy) is 1. The van der Waals surface area contributed by atoms with Gasteiger partial charge in [0, 0.05) is 26.0 Å². The molecule has 88 valence electrons.